The highest BCUT2D eigenvalue weighted by Crippen LogP contribution is 2.35. The van der Waals surface area contributed by atoms with Crippen molar-refractivity contribution in [2.24, 2.45) is 0 Å². The minimum absolute atomic E-state index is 0.0830. The number of para-hydroxylation sites is 2. The van der Waals surface area contributed by atoms with Gasteiger partial charge in [-0.15, -0.1) is 0 Å². The minimum atomic E-state index is -4.03. The summed E-state index contributed by atoms with van der Waals surface area (Å²) in [6, 6.07) is 10.5. The molecule has 0 saturated heterocycles. The van der Waals surface area contributed by atoms with Crippen molar-refractivity contribution in [1.29, 1.82) is 0 Å². The Morgan fingerprint density at radius 1 is 1.29 bits per heavy atom. The lowest BCUT2D eigenvalue weighted by atomic mass is 10.2. The Labute approximate surface area is 161 Å². The second-order valence-electron chi connectivity index (χ2n) is 5.83. The Morgan fingerprint density at radius 3 is 2.75 bits per heavy atom. The second-order valence-corrected chi connectivity index (χ2v) is 7.51. The number of hydrogen-bond donors (Lipinski definition) is 2. The van der Waals surface area contributed by atoms with Crippen molar-refractivity contribution >= 4 is 33.3 Å². The molecule has 0 unspecified atom stereocenters. The van der Waals surface area contributed by atoms with E-state index < -0.39 is 28.4 Å². The molecule has 2 aromatic carbocycles. The Kier molecular flexibility index (Phi) is 5.41. The van der Waals surface area contributed by atoms with E-state index in [1.807, 2.05) is 0 Å². The van der Waals surface area contributed by atoms with Crippen molar-refractivity contribution in [1.82, 2.24) is 0 Å². The zero-order valence-corrected chi connectivity index (χ0v) is 15.7. The highest BCUT2D eigenvalue weighted by molar-refractivity contribution is 7.92. The van der Waals surface area contributed by atoms with E-state index in [1.165, 1.54) is 18.2 Å². The van der Waals surface area contributed by atoms with Gasteiger partial charge in [-0.05, 0) is 37.3 Å². The number of sulfonamides is 1. The van der Waals surface area contributed by atoms with Crippen molar-refractivity contribution in [2.45, 2.75) is 11.8 Å². The zero-order valence-electron chi connectivity index (χ0n) is 14.9. The Morgan fingerprint density at radius 2 is 2.04 bits per heavy atom. The smallest absolute Gasteiger partial charge is 0.323 e. The van der Waals surface area contributed by atoms with Crippen LogP contribution in [-0.2, 0) is 19.6 Å². The molecule has 2 aromatic rings. The van der Waals surface area contributed by atoms with Crippen molar-refractivity contribution in [3.8, 4) is 11.5 Å². The lowest BCUT2D eigenvalue weighted by molar-refractivity contribution is -0.137. The van der Waals surface area contributed by atoms with E-state index in [2.05, 4.69) is 4.72 Å². The lowest BCUT2D eigenvalue weighted by Crippen LogP contribution is -2.42. The molecule has 1 heterocycles. The lowest BCUT2D eigenvalue weighted by Gasteiger charge is -2.28. The number of carboxylic acid groups (broad SMARTS) is 1. The van der Waals surface area contributed by atoms with Gasteiger partial charge in [-0.3, -0.25) is 19.2 Å². The van der Waals surface area contributed by atoms with Crippen LogP contribution < -0.4 is 19.1 Å². The SMILES string of the molecule is CCOc1ccccc1NS(=O)(=O)c1ccc2c(c1)N(CC(=O)O)C(=O)CO2. The first-order chi connectivity index (χ1) is 13.3. The fraction of sp³-hybridized carbons (Fsp3) is 0.222. The van der Waals surface area contributed by atoms with Gasteiger partial charge in [0.05, 0.1) is 22.9 Å². The highest BCUT2D eigenvalue weighted by atomic mass is 32.2. The second kappa shape index (κ2) is 7.77. The van der Waals surface area contributed by atoms with Gasteiger partial charge < -0.3 is 14.6 Å². The number of hydrogen-bond acceptors (Lipinski definition) is 6. The number of anilines is 2. The third kappa shape index (κ3) is 4.01. The number of carbonyl (C=O) groups is 2. The van der Waals surface area contributed by atoms with Crippen molar-refractivity contribution < 1.29 is 32.6 Å². The van der Waals surface area contributed by atoms with Crippen molar-refractivity contribution in [2.75, 3.05) is 29.4 Å². The van der Waals surface area contributed by atoms with E-state index >= 15 is 0 Å². The molecule has 0 aromatic heterocycles. The molecule has 0 radical (unpaired) electrons. The molecule has 0 bridgehead atoms. The zero-order chi connectivity index (χ0) is 20.3. The average Bonchev–Trinajstić information content (AvgIpc) is 2.65. The largest absolute Gasteiger partial charge is 0.492 e. The van der Waals surface area contributed by atoms with Crippen molar-refractivity contribution in [3.63, 3.8) is 0 Å². The van der Waals surface area contributed by atoms with E-state index in [1.54, 1.807) is 31.2 Å². The number of rotatable bonds is 7. The first-order valence-electron chi connectivity index (χ1n) is 8.35. The maximum Gasteiger partial charge on any atom is 0.323 e. The van der Waals surface area contributed by atoms with Crippen LogP contribution in [-0.4, -0.2) is 45.2 Å². The molecule has 2 N–H and O–H groups in total. The van der Waals surface area contributed by atoms with Crippen LogP contribution in [0.5, 0.6) is 11.5 Å². The molecular formula is C18H18N2O7S. The van der Waals surface area contributed by atoms with Crippen LogP contribution in [0.25, 0.3) is 0 Å². The van der Waals surface area contributed by atoms with Crippen LogP contribution in [0, 0.1) is 0 Å². The topological polar surface area (TPSA) is 122 Å². The molecular weight excluding hydrogens is 388 g/mol. The quantitative estimate of drug-likeness (QED) is 0.717. The van der Waals surface area contributed by atoms with Gasteiger partial charge in [0.25, 0.3) is 15.9 Å². The van der Waals surface area contributed by atoms with Gasteiger partial charge in [0.15, 0.2) is 6.61 Å². The van der Waals surface area contributed by atoms with Crippen LogP contribution >= 0.6 is 0 Å². The van der Waals surface area contributed by atoms with Crippen LogP contribution in [0.4, 0.5) is 11.4 Å². The van der Waals surface area contributed by atoms with Gasteiger partial charge in [-0.25, -0.2) is 8.42 Å². The van der Waals surface area contributed by atoms with Gasteiger partial charge in [0.2, 0.25) is 0 Å². The summed E-state index contributed by atoms with van der Waals surface area (Å²) in [5, 5.41) is 9.03. The molecule has 1 aliphatic heterocycles. The number of aliphatic carboxylic acids is 1. The van der Waals surface area contributed by atoms with E-state index in [0.29, 0.717) is 12.4 Å². The molecule has 1 aliphatic rings. The maximum atomic E-state index is 12.8. The third-order valence-corrected chi connectivity index (χ3v) is 5.27. The van der Waals surface area contributed by atoms with E-state index in [9.17, 15) is 18.0 Å². The van der Waals surface area contributed by atoms with Crippen molar-refractivity contribution in [3.05, 3.63) is 42.5 Å². The monoisotopic (exact) mass is 406 g/mol. The Bertz CT molecular complexity index is 1020. The number of fused-ring (bicyclic) bond motifs is 1. The molecule has 3 rings (SSSR count). The summed E-state index contributed by atoms with van der Waals surface area (Å²) in [6.07, 6.45) is 0. The summed E-state index contributed by atoms with van der Waals surface area (Å²) >= 11 is 0. The molecule has 0 atom stereocenters. The highest BCUT2D eigenvalue weighted by Gasteiger charge is 2.29. The van der Waals surface area contributed by atoms with Gasteiger partial charge in [-0.2, -0.15) is 0 Å². The molecule has 9 nitrogen and oxygen atoms in total. The average molecular weight is 406 g/mol. The van der Waals surface area contributed by atoms with Crippen LogP contribution in [0.1, 0.15) is 6.92 Å². The predicted octanol–water partition coefficient (Wildman–Crippen LogP) is 1.70. The predicted molar refractivity (Wildman–Crippen MR) is 100 cm³/mol. The molecule has 10 heteroatoms. The molecule has 0 fully saturated rings. The fourth-order valence-electron chi connectivity index (χ4n) is 2.69. The van der Waals surface area contributed by atoms with Gasteiger partial charge in [0, 0.05) is 0 Å². The van der Waals surface area contributed by atoms with Gasteiger partial charge >= 0.3 is 5.97 Å². The molecule has 0 saturated carbocycles. The molecule has 0 aliphatic carbocycles. The number of nitrogens with one attached hydrogen (secondary N) is 1. The van der Waals surface area contributed by atoms with Gasteiger partial charge in [0.1, 0.15) is 18.0 Å². The summed E-state index contributed by atoms with van der Waals surface area (Å²) in [4.78, 5) is 23.9. The van der Waals surface area contributed by atoms with E-state index in [0.717, 1.165) is 4.90 Å². The Balaban J connectivity index is 1.97. The number of carboxylic acids is 1. The number of ether oxygens (including phenoxy) is 2. The summed E-state index contributed by atoms with van der Waals surface area (Å²) in [6.45, 7) is 1.23. The Hall–Kier alpha value is -3.27. The number of amides is 1. The summed E-state index contributed by atoms with van der Waals surface area (Å²) in [5.41, 5.74) is 0.344. The van der Waals surface area contributed by atoms with E-state index in [4.69, 9.17) is 14.6 Å². The van der Waals surface area contributed by atoms with Crippen LogP contribution in [0.3, 0.4) is 0 Å². The first-order valence-corrected chi connectivity index (χ1v) is 9.84. The summed E-state index contributed by atoms with van der Waals surface area (Å²) in [7, 11) is -4.03. The molecule has 0 spiro atoms. The van der Waals surface area contributed by atoms with E-state index in [-0.39, 0.29) is 28.6 Å². The number of carbonyl (C=O) groups excluding carboxylic acids is 1. The normalized spacial score (nSPS) is 13.5. The number of nitrogens with zero attached hydrogens (tertiary/aromatic N) is 1. The minimum Gasteiger partial charge on any atom is -0.492 e. The third-order valence-electron chi connectivity index (χ3n) is 3.91. The molecule has 148 valence electrons. The van der Waals surface area contributed by atoms with Crippen LogP contribution in [0.2, 0.25) is 0 Å². The maximum absolute atomic E-state index is 12.8. The first kappa shape index (κ1) is 19.5. The summed E-state index contributed by atoms with van der Waals surface area (Å²) in [5.74, 6) is -1.19. The fourth-order valence-corrected chi connectivity index (χ4v) is 3.78. The standard InChI is InChI=1S/C18H18N2O7S/c1-2-26-15-6-4-3-5-13(15)19-28(24,25)12-7-8-16-14(9-12)20(10-18(22)23)17(21)11-27-16/h3-9,19H,2,10-11H2,1H3,(H,22,23). The summed E-state index contributed by atoms with van der Waals surface area (Å²) < 4.78 is 38.8. The number of benzene rings is 2. The molecule has 28 heavy (non-hydrogen) atoms. The van der Waals surface area contributed by atoms with Gasteiger partial charge in [-0.1, -0.05) is 12.1 Å². The molecule has 1 amide bonds. The van der Waals surface area contributed by atoms with Crippen LogP contribution in [0.15, 0.2) is 47.4 Å².